The molecule has 1 fully saturated rings. The number of ether oxygens (including phenoxy) is 1. The number of aryl methyl sites for hydroxylation is 1. The van der Waals surface area contributed by atoms with Crippen LogP contribution < -0.4 is 11.1 Å². The van der Waals surface area contributed by atoms with Crippen LogP contribution in [-0.4, -0.2) is 34.2 Å². The number of halogens is 1. The molecule has 2 amide bonds. The van der Waals surface area contributed by atoms with Crippen molar-refractivity contribution in [3.05, 3.63) is 47.8 Å². The maximum Gasteiger partial charge on any atom is 0.407 e. The van der Waals surface area contributed by atoms with Gasteiger partial charge in [-0.05, 0) is 31.0 Å². The predicted molar refractivity (Wildman–Crippen MR) is 87.7 cm³/mol. The van der Waals surface area contributed by atoms with Gasteiger partial charge in [0.2, 0.25) is 5.91 Å². The number of amides is 2. The number of nitrogens with one attached hydrogen (secondary N) is 1. The number of nitrogens with zero attached hydrogens (tertiary/aromatic N) is 2. The first kappa shape index (κ1) is 16.9. The molecule has 0 aliphatic carbocycles. The second kappa shape index (κ2) is 6.19. The standard InChI is InChI=1S/C17H19FN4O3/c1-3-11-8-22(9-21-11)13-5-4-10(6-12(13)18)17(2,15(19)23)14-7-20-16(24)25-14/h4-6,8-9,14H,3,7H2,1-2H3,(H2,19,23)(H,20,24). The molecule has 1 aromatic carbocycles. The summed E-state index contributed by atoms with van der Waals surface area (Å²) >= 11 is 0. The molecule has 0 saturated carbocycles. The van der Waals surface area contributed by atoms with Crippen molar-refractivity contribution in [3.63, 3.8) is 0 Å². The van der Waals surface area contributed by atoms with Crippen LogP contribution in [0.1, 0.15) is 25.1 Å². The summed E-state index contributed by atoms with van der Waals surface area (Å²) in [5.41, 5.74) is 5.71. The van der Waals surface area contributed by atoms with Gasteiger partial charge >= 0.3 is 6.09 Å². The highest BCUT2D eigenvalue weighted by atomic mass is 19.1. The summed E-state index contributed by atoms with van der Waals surface area (Å²) in [5.74, 6) is -1.22. The van der Waals surface area contributed by atoms with Gasteiger partial charge < -0.3 is 20.4 Å². The van der Waals surface area contributed by atoms with Gasteiger partial charge in [-0.1, -0.05) is 13.0 Å². The number of aromatic nitrogens is 2. The van der Waals surface area contributed by atoms with Crippen molar-refractivity contribution in [2.24, 2.45) is 5.73 Å². The number of primary amides is 1. The molecule has 1 aliphatic rings. The topological polar surface area (TPSA) is 99.2 Å². The lowest BCUT2D eigenvalue weighted by Gasteiger charge is -2.31. The molecule has 1 aliphatic heterocycles. The van der Waals surface area contributed by atoms with E-state index in [4.69, 9.17) is 10.5 Å². The van der Waals surface area contributed by atoms with E-state index in [9.17, 15) is 14.0 Å². The van der Waals surface area contributed by atoms with Crippen LogP contribution in [-0.2, 0) is 21.4 Å². The largest absolute Gasteiger partial charge is 0.443 e. The van der Waals surface area contributed by atoms with E-state index in [1.807, 2.05) is 6.92 Å². The van der Waals surface area contributed by atoms with Crippen LogP contribution in [0.15, 0.2) is 30.7 Å². The maximum absolute atomic E-state index is 14.7. The highest BCUT2D eigenvalue weighted by Gasteiger charge is 2.47. The molecular formula is C17H19FN4O3. The van der Waals surface area contributed by atoms with Crippen molar-refractivity contribution in [3.8, 4) is 5.69 Å². The summed E-state index contributed by atoms with van der Waals surface area (Å²) in [4.78, 5) is 27.6. The molecular weight excluding hydrogens is 327 g/mol. The summed E-state index contributed by atoms with van der Waals surface area (Å²) in [5, 5.41) is 2.49. The van der Waals surface area contributed by atoms with Gasteiger partial charge in [0.1, 0.15) is 17.3 Å². The fraction of sp³-hybridized carbons (Fsp3) is 0.353. The second-order valence-corrected chi connectivity index (χ2v) is 6.13. The van der Waals surface area contributed by atoms with Crippen molar-refractivity contribution in [2.75, 3.05) is 6.54 Å². The summed E-state index contributed by atoms with van der Waals surface area (Å²) in [6.45, 7) is 3.63. The van der Waals surface area contributed by atoms with Crippen molar-refractivity contribution >= 4 is 12.0 Å². The number of benzene rings is 1. The molecule has 2 heterocycles. The second-order valence-electron chi connectivity index (χ2n) is 6.13. The number of imidazole rings is 1. The summed E-state index contributed by atoms with van der Waals surface area (Å²) in [7, 11) is 0. The van der Waals surface area contributed by atoms with Crippen molar-refractivity contribution in [2.45, 2.75) is 31.8 Å². The van der Waals surface area contributed by atoms with Gasteiger partial charge in [-0.2, -0.15) is 0 Å². The number of carbonyl (C=O) groups excluding carboxylic acids is 2. The van der Waals surface area contributed by atoms with E-state index in [1.165, 1.54) is 12.4 Å². The molecule has 0 radical (unpaired) electrons. The van der Waals surface area contributed by atoms with Gasteiger partial charge in [0.05, 0.1) is 24.3 Å². The zero-order valence-electron chi connectivity index (χ0n) is 14.0. The third-order valence-corrected chi connectivity index (χ3v) is 4.66. The fourth-order valence-corrected chi connectivity index (χ4v) is 2.91. The molecule has 3 N–H and O–H groups in total. The lowest BCUT2D eigenvalue weighted by Crippen LogP contribution is -2.49. The van der Waals surface area contributed by atoms with Crippen molar-refractivity contribution < 1.29 is 18.7 Å². The summed E-state index contributed by atoms with van der Waals surface area (Å²) in [6.07, 6.45) is 2.59. The molecule has 8 heteroatoms. The van der Waals surface area contributed by atoms with Crippen LogP contribution in [0.2, 0.25) is 0 Å². The Bertz CT molecular complexity index is 835. The number of carbonyl (C=O) groups is 2. The van der Waals surface area contributed by atoms with Crippen LogP contribution in [0, 0.1) is 5.82 Å². The van der Waals surface area contributed by atoms with Gasteiger partial charge in [-0.25, -0.2) is 14.2 Å². The Balaban J connectivity index is 2.00. The molecule has 1 saturated heterocycles. The molecule has 2 atom stereocenters. The minimum absolute atomic E-state index is 0.128. The van der Waals surface area contributed by atoms with Crippen LogP contribution in [0.5, 0.6) is 0 Å². The Morgan fingerprint density at radius 1 is 1.56 bits per heavy atom. The Morgan fingerprint density at radius 3 is 2.84 bits per heavy atom. The lowest BCUT2D eigenvalue weighted by molar-refractivity contribution is -0.126. The Kier molecular flexibility index (Phi) is 4.20. The van der Waals surface area contributed by atoms with Gasteiger partial charge in [0, 0.05) is 6.20 Å². The minimum Gasteiger partial charge on any atom is -0.443 e. The van der Waals surface area contributed by atoms with E-state index in [0.29, 0.717) is 11.3 Å². The van der Waals surface area contributed by atoms with E-state index in [-0.39, 0.29) is 6.54 Å². The van der Waals surface area contributed by atoms with E-state index < -0.39 is 29.3 Å². The third-order valence-electron chi connectivity index (χ3n) is 4.66. The van der Waals surface area contributed by atoms with Crippen LogP contribution in [0.4, 0.5) is 9.18 Å². The molecule has 2 aromatic rings. The fourth-order valence-electron chi connectivity index (χ4n) is 2.91. The number of hydrogen-bond donors (Lipinski definition) is 2. The molecule has 0 bridgehead atoms. The Morgan fingerprint density at radius 2 is 2.32 bits per heavy atom. The van der Waals surface area contributed by atoms with E-state index in [0.717, 1.165) is 12.1 Å². The Labute approximate surface area is 144 Å². The third kappa shape index (κ3) is 2.84. The molecule has 25 heavy (non-hydrogen) atoms. The van der Waals surface area contributed by atoms with Crippen LogP contribution in [0.25, 0.3) is 5.69 Å². The highest BCUT2D eigenvalue weighted by Crippen LogP contribution is 2.33. The zero-order chi connectivity index (χ0) is 18.2. The molecule has 1 aromatic heterocycles. The average molecular weight is 346 g/mol. The minimum atomic E-state index is -1.35. The van der Waals surface area contributed by atoms with E-state index in [2.05, 4.69) is 10.3 Å². The quantitative estimate of drug-likeness (QED) is 0.855. The normalized spacial score (nSPS) is 19.2. The van der Waals surface area contributed by atoms with Crippen LogP contribution in [0.3, 0.4) is 0 Å². The smallest absolute Gasteiger partial charge is 0.407 e. The van der Waals surface area contributed by atoms with E-state index >= 15 is 0 Å². The van der Waals surface area contributed by atoms with Crippen molar-refractivity contribution in [1.29, 1.82) is 0 Å². The first-order valence-corrected chi connectivity index (χ1v) is 7.94. The Hall–Kier alpha value is -2.90. The first-order valence-electron chi connectivity index (χ1n) is 7.94. The number of cyclic esters (lactones) is 1. The molecule has 132 valence electrons. The number of alkyl carbamates (subject to hydrolysis) is 1. The zero-order valence-corrected chi connectivity index (χ0v) is 14.0. The molecule has 0 spiro atoms. The monoisotopic (exact) mass is 346 g/mol. The lowest BCUT2D eigenvalue weighted by atomic mass is 9.76. The number of hydrogen-bond acceptors (Lipinski definition) is 4. The average Bonchev–Trinajstić information content (AvgIpc) is 3.22. The van der Waals surface area contributed by atoms with E-state index in [1.54, 1.807) is 29.8 Å². The molecule has 3 rings (SSSR count). The summed E-state index contributed by atoms with van der Waals surface area (Å²) < 4.78 is 21.4. The number of rotatable bonds is 5. The van der Waals surface area contributed by atoms with Gasteiger partial charge in [-0.3, -0.25) is 4.79 Å². The van der Waals surface area contributed by atoms with Gasteiger partial charge in [0.25, 0.3) is 0 Å². The highest BCUT2D eigenvalue weighted by molar-refractivity contribution is 5.88. The summed E-state index contributed by atoms with van der Waals surface area (Å²) in [6, 6.07) is 4.41. The number of nitrogens with two attached hydrogens (primary N) is 1. The first-order chi connectivity index (χ1) is 11.9. The predicted octanol–water partition coefficient (Wildman–Crippen LogP) is 1.43. The van der Waals surface area contributed by atoms with Gasteiger partial charge in [0.15, 0.2) is 0 Å². The molecule has 2 unspecified atom stereocenters. The van der Waals surface area contributed by atoms with Crippen LogP contribution >= 0.6 is 0 Å². The maximum atomic E-state index is 14.7. The SMILES string of the molecule is CCc1cn(-c2ccc(C(C)(C(N)=O)C3CNC(=O)O3)cc2F)cn1. The van der Waals surface area contributed by atoms with Crippen molar-refractivity contribution in [1.82, 2.24) is 14.9 Å². The van der Waals surface area contributed by atoms with Gasteiger partial charge in [-0.15, -0.1) is 0 Å². The molecule has 7 nitrogen and oxygen atoms in total.